The van der Waals surface area contributed by atoms with Crippen LogP contribution >= 0.6 is 0 Å². The Labute approximate surface area is 96.6 Å². The van der Waals surface area contributed by atoms with Gasteiger partial charge in [-0.15, -0.1) is 0 Å². The van der Waals surface area contributed by atoms with Gasteiger partial charge in [-0.05, 0) is 49.7 Å². The average Bonchev–Trinajstić information content (AvgIpc) is 2.92. The Morgan fingerprint density at radius 3 is 2.50 bits per heavy atom. The zero-order valence-corrected chi connectivity index (χ0v) is 9.69. The van der Waals surface area contributed by atoms with Gasteiger partial charge in [-0.25, -0.2) is 0 Å². The van der Waals surface area contributed by atoms with Crippen LogP contribution in [0.1, 0.15) is 25.7 Å². The summed E-state index contributed by atoms with van der Waals surface area (Å²) in [6.45, 7) is 0. The van der Waals surface area contributed by atoms with E-state index in [0.29, 0.717) is 6.10 Å². The van der Waals surface area contributed by atoms with E-state index >= 15 is 0 Å². The Kier molecular flexibility index (Phi) is 2.50. The van der Waals surface area contributed by atoms with Crippen LogP contribution in [0, 0.1) is 11.8 Å². The van der Waals surface area contributed by atoms with Gasteiger partial charge < -0.3 is 9.47 Å². The van der Waals surface area contributed by atoms with Crippen LogP contribution in [0.3, 0.4) is 0 Å². The molecule has 2 aliphatic rings. The van der Waals surface area contributed by atoms with E-state index in [1.54, 1.807) is 7.11 Å². The molecule has 0 spiro atoms. The van der Waals surface area contributed by atoms with Crippen molar-refractivity contribution in [2.24, 2.45) is 11.8 Å². The summed E-state index contributed by atoms with van der Waals surface area (Å²) in [5, 5.41) is 0. The first kappa shape index (κ1) is 10.0. The molecule has 1 aromatic rings. The van der Waals surface area contributed by atoms with Crippen molar-refractivity contribution >= 4 is 0 Å². The fourth-order valence-corrected chi connectivity index (χ4v) is 3.21. The highest BCUT2D eigenvalue weighted by atomic mass is 16.5. The second-order valence-electron chi connectivity index (χ2n) is 4.98. The molecule has 0 N–H and O–H groups in total. The van der Waals surface area contributed by atoms with Gasteiger partial charge in [0, 0.05) is 0 Å². The molecule has 0 radical (unpaired) electrons. The third-order valence-corrected chi connectivity index (χ3v) is 4.02. The van der Waals surface area contributed by atoms with E-state index in [2.05, 4.69) is 0 Å². The summed E-state index contributed by atoms with van der Waals surface area (Å²) in [5.74, 6) is 3.47. The highest BCUT2D eigenvalue weighted by Gasteiger charge is 2.41. The number of hydrogen-bond donors (Lipinski definition) is 0. The maximum Gasteiger partial charge on any atom is 0.161 e. The third kappa shape index (κ3) is 1.66. The lowest BCUT2D eigenvalue weighted by atomic mass is 9.98. The Hall–Kier alpha value is -1.18. The van der Waals surface area contributed by atoms with Crippen molar-refractivity contribution in [3.63, 3.8) is 0 Å². The van der Waals surface area contributed by atoms with Crippen molar-refractivity contribution in [3.8, 4) is 11.5 Å². The van der Waals surface area contributed by atoms with Crippen molar-refractivity contribution in [2.45, 2.75) is 31.8 Å². The number of para-hydroxylation sites is 2. The van der Waals surface area contributed by atoms with Gasteiger partial charge in [0.05, 0.1) is 7.11 Å². The molecule has 0 aliphatic heterocycles. The highest BCUT2D eigenvalue weighted by molar-refractivity contribution is 5.39. The minimum absolute atomic E-state index is 0.426. The molecule has 3 atom stereocenters. The van der Waals surface area contributed by atoms with Crippen LogP contribution in [-0.2, 0) is 0 Å². The lowest BCUT2D eigenvalue weighted by Gasteiger charge is -2.23. The summed E-state index contributed by atoms with van der Waals surface area (Å²) in [4.78, 5) is 0. The predicted molar refractivity (Wildman–Crippen MR) is 62.9 cm³/mol. The van der Waals surface area contributed by atoms with Gasteiger partial charge in [-0.2, -0.15) is 0 Å². The van der Waals surface area contributed by atoms with E-state index in [9.17, 15) is 0 Å². The SMILES string of the molecule is COc1ccccc1O[C@H]1C[C@H]2CC[C@H]1C2. The van der Waals surface area contributed by atoms with Gasteiger partial charge >= 0.3 is 0 Å². The van der Waals surface area contributed by atoms with Crippen molar-refractivity contribution in [3.05, 3.63) is 24.3 Å². The molecule has 2 saturated carbocycles. The van der Waals surface area contributed by atoms with Gasteiger partial charge in [-0.1, -0.05) is 12.1 Å². The molecule has 86 valence electrons. The second kappa shape index (κ2) is 4.00. The quantitative estimate of drug-likeness (QED) is 0.775. The van der Waals surface area contributed by atoms with E-state index in [1.807, 2.05) is 24.3 Å². The molecule has 0 saturated heterocycles. The minimum atomic E-state index is 0.426. The predicted octanol–water partition coefficient (Wildman–Crippen LogP) is 3.26. The van der Waals surface area contributed by atoms with Crippen LogP contribution in [0.15, 0.2) is 24.3 Å². The Morgan fingerprint density at radius 1 is 1.06 bits per heavy atom. The van der Waals surface area contributed by atoms with E-state index < -0.39 is 0 Å². The molecule has 3 rings (SSSR count). The summed E-state index contributed by atoms with van der Waals surface area (Å²) >= 11 is 0. The van der Waals surface area contributed by atoms with Gasteiger partial charge in [0.2, 0.25) is 0 Å². The largest absolute Gasteiger partial charge is 0.493 e. The monoisotopic (exact) mass is 218 g/mol. The van der Waals surface area contributed by atoms with E-state index in [0.717, 1.165) is 23.3 Å². The van der Waals surface area contributed by atoms with Crippen molar-refractivity contribution in [2.75, 3.05) is 7.11 Å². The molecular formula is C14H18O2. The third-order valence-electron chi connectivity index (χ3n) is 4.02. The summed E-state index contributed by atoms with van der Waals surface area (Å²) in [5.41, 5.74) is 0. The van der Waals surface area contributed by atoms with E-state index in [-0.39, 0.29) is 0 Å². The fourth-order valence-electron chi connectivity index (χ4n) is 3.21. The molecule has 0 unspecified atom stereocenters. The average molecular weight is 218 g/mol. The van der Waals surface area contributed by atoms with Gasteiger partial charge in [0.25, 0.3) is 0 Å². The number of ether oxygens (including phenoxy) is 2. The molecule has 2 fully saturated rings. The molecule has 2 bridgehead atoms. The Morgan fingerprint density at radius 2 is 1.88 bits per heavy atom. The molecule has 0 aromatic heterocycles. The van der Waals surface area contributed by atoms with Crippen molar-refractivity contribution < 1.29 is 9.47 Å². The van der Waals surface area contributed by atoms with Gasteiger partial charge in [0.15, 0.2) is 11.5 Å². The number of hydrogen-bond acceptors (Lipinski definition) is 2. The molecule has 0 heterocycles. The maximum atomic E-state index is 6.11. The van der Waals surface area contributed by atoms with Crippen LogP contribution in [0.4, 0.5) is 0 Å². The molecule has 16 heavy (non-hydrogen) atoms. The molecule has 1 aromatic carbocycles. The van der Waals surface area contributed by atoms with Crippen LogP contribution < -0.4 is 9.47 Å². The molecule has 2 nitrogen and oxygen atoms in total. The fraction of sp³-hybridized carbons (Fsp3) is 0.571. The van der Waals surface area contributed by atoms with Crippen molar-refractivity contribution in [1.29, 1.82) is 0 Å². The zero-order chi connectivity index (χ0) is 11.0. The Bertz CT molecular complexity index is 375. The standard InChI is InChI=1S/C14H18O2/c1-15-12-4-2-3-5-13(12)16-14-9-10-6-7-11(14)8-10/h2-5,10-11,14H,6-9H2,1H3/t10-,11-,14-/m0/s1. The van der Waals surface area contributed by atoms with Crippen LogP contribution in [0.25, 0.3) is 0 Å². The first-order valence-electron chi connectivity index (χ1n) is 6.16. The van der Waals surface area contributed by atoms with Crippen LogP contribution in [0.2, 0.25) is 0 Å². The van der Waals surface area contributed by atoms with Gasteiger partial charge in [-0.3, -0.25) is 0 Å². The molecular weight excluding hydrogens is 200 g/mol. The summed E-state index contributed by atoms with van der Waals surface area (Å²) in [6.07, 6.45) is 5.80. The molecule has 0 amide bonds. The highest BCUT2D eigenvalue weighted by Crippen LogP contribution is 2.46. The normalized spacial score (nSPS) is 31.7. The van der Waals surface area contributed by atoms with Crippen LogP contribution in [-0.4, -0.2) is 13.2 Å². The number of methoxy groups -OCH3 is 1. The van der Waals surface area contributed by atoms with Crippen molar-refractivity contribution in [1.82, 2.24) is 0 Å². The number of rotatable bonds is 3. The maximum absolute atomic E-state index is 6.11. The summed E-state index contributed by atoms with van der Waals surface area (Å²) in [7, 11) is 1.70. The Balaban J connectivity index is 1.74. The number of fused-ring (bicyclic) bond motifs is 2. The lowest BCUT2D eigenvalue weighted by molar-refractivity contribution is 0.133. The van der Waals surface area contributed by atoms with E-state index in [4.69, 9.17) is 9.47 Å². The lowest BCUT2D eigenvalue weighted by Crippen LogP contribution is -2.23. The second-order valence-corrected chi connectivity index (χ2v) is 4.98. The van der Waals surface area contributed by atoms with E-state index in [1.165, 1.54) is 25.7 Å². The molecule has 2 heteroatoms. The minimum Gasteiger partial charge on any atom is -0.493 e. The smallest absolute Gasteiger partial charge is 0.161 e. The molecule has 2 aliphatic carbocycles. The topological polar surface area (TPSA) is 18.5 Å². The van der Waals surface area contributed by atoms with Gasteiger partial charge in [0.1, 0.15) is 6.10 Å². The summed E-state index contributed by atoms with van der Waals surface area (Å²) < 4.78 is 11.4. The summed E-state index contributed by atoms with van der Waals surface area (Å²) in [6, 6.07) is 7.95. The number of benzene rings is 1. The van der Waals surface area contributed by atoms with Crippen LogP contribution in [0.5, 0.6) is 11.5 Å². The first-order valence-corrected chi connectivity index (χ1v) is 6.16. The first-order chi connectivity index (χ1) is 7.86. The zero-order valence-electron chi connectivity index (χ0n) is 9.69.